The Bertz CT molecular complexity index is 74.2. The molecule has 0 saturated heterocycles. The van der Waals surface area contributed by atoms with Gasteiger partial charge in [-0.3, -0.25) is 0 Å². The van der Waals surface area contributed by atoms with Gasteiger partial charge in [0.25, 0.3) is 0 Å². The van der Waals surface area contributed by atoms with E-state index in [0.29, 0.717) is 0 Å². The Kier molecular flexibility index (Phi) is 11.8. The molecule has 0 aromatic rings. The van der Waals surface area contributed by atoms with Crippen LogP contribution < -0.4 is 11.1 Å². The zero-order valence-electron chi connectivity index (χ0n) is 9.15. The quantitative estimate of drug-likeness (QED) is 0.514. The lowest BCUT2D eigenvalue weighted by atomic mass is 10.2. The Morgan fingerprint density at radius 1 is 0.846 bits per heavy atom. The van der Waals surface area contributed by atoms with Crippen molar-refractivity contribution in [2.24, 2.45) is 5.73 Å². The fraction of sp³-hybridized carbons (Fsp3) is 1.00. The van der Waals surface area contributed by atoms with E-state index in [1.165, 1.54) is 58.0 Å². The largest absolute Gasteiger partial charge is 0.330 e. The second-order valence-electron chi connectivity index (χ2n) is 3.66. The summed E-state index contributed by atoms with van der Waals surface area (Å²) < 4.78 is 0. The monoisotopic (exact) mass is 186 g/mol. The highest BCUT2D eigenvalue weighted by Crippen LogP contribution is 1.97. The van der Waals surface area contributed by atoms with Gasteiger partial charge >= 0.3 is 0 Å². The maximum Gasteiger partial charge on any atom is -0.00489 e. The summed E-state index contributed by atoms with van der Waals surface area (Å²) in [4.78, 5) is 0. The van der Waals surface area contributed by atoms with E-state index in [2.05, 4.69) is 12.2 Å². The molecule has 0 rings (SSSR count). The molecule has 2 heteroatoms. The lowest BCUT2D eigenvalue weighted by Gasteiger charge is -2.03. The molecular formula is C11H26N2. The average Bonchev–Trinajstić information content (AvgIpc) is 2.16. The van der Waals surface area contributed by atoms with E-state index in [4.69, 9.17) is 5.73 Å². The molecule has 0 aliphatic carbocycles. The number of unbranched alkanes of at least 4 members (excludes halogenated alkanes) is 5. The van der Waals surface area contributed by atoms with Gasteiger partial charge in [0.15, 0.2) is 0 Å². The minimum Gasteiger partial charge on any atom is -0.330 e. The summed E-state index contributed by atoms with van der Waals surface area (Å²) >= 11 is 0. The second kappa shape index (κ2) is 11.9. The van der Waals surface area contributed by atoms with Crippen molar-refractivity contribution in [2.45, 2.75) is 51.9 Å². The van der Waals surface area contributed by atoms with Gasteiger partial charge in [0, 0.05) is 0 Å². The number of nitrogens with one attached hydrogen (secondary N) is 1. The first-order chi connectivity index (χ1) is 6.41. The Balaban J connectivity index is 2.76. The van der Waals surface area contributed by atoms with Crippen LogP contribution in [-0.4, -0.2) is 19.6 Å². The van der Waals surface area contributed by atoms with Crippen LogP contribution in [0.1, 0.15) is 51.9 Å². The van der Waals surface area contributed by atoms with E-state index in [0.717, 1.165) is 6.54 Å². The summed E-state index contributed by atoms with van der Waals surface area (Å²) in [6, 6.07) is 0. The highest BCUT2D eigenvalue weighted by atomic mass is 14.8. The molecule has 0 amide bonds. The van der Waals surface area contributed by atoms with Gasteiger partial charge in [-0.25, -0.2) is 0 Å². The first-order valence-corrected chi connectivity index (χ1v) is 5.82. The molecule has 80 valence electrons. The third-order valence-electron chi connectivity index (χ3n) is 2.26. The fourth-order valence-corrected chi connectivity index (χ4v) is 1.37. The minimum absolute atomic E-state index is 0.851. The van der Waals surface area contributed by atoms with Gasteiger partial charge in [-0.05, 0) is 38.9 Å². The lowest BCUT2D eigenvalue weighted by Crippen LogP contribution is -2.16. The van der Waals surface area contributed by atoms with E-state index < -0.39 is 0 Å². The summed E-state index contributed by atoms with van der Waals surface area (Å²) in [5.41, 5.74) is 5.41. The van der Waals surface area contributed by atoms with Crippen molar-refractivity contribution in [3.63, 3.8) is 0 Å². The molecule has 0 atom stereocenters. The number of rotatable bonds is 10. The van der Waals surface area contributed by atoms with Crippen LogP contribution in [0.15, 0.2) is 0 Å². The first kappa shape index (κ1) is 12.9. The van der Waals surface area contributed by atoms with E-state index in [9.17, 15) is 0 Å². The van der Waals surface area contributed by atoms with Crippen molar-refractivity contribution in [1.82, 2.24) is 5.32 Å². The Hall–Kier alpha value is -0.0800. The van der Waals surface area contributed by atoms with E-state index in [1.54, 1.807) is 0 Å². The molecule has 0 aliphatic heterocycles. The fourth-order valence-electron chi connectivity index (χ4n) is 1.37. The summed E-state index contributed by atoms with van der Waals surface area (Å²) in [5.74, 6) is 0. The van der Waals surface area contributed by atoms with Gasteiger partial charge in [0.2, 0.25) is 0 Å². The molecule has 0 aromatic carbocycles. The maximum absolute atomic E-state index is 5.41. The molecule has 0 heterocycles. The van der Waals surface area contributed by atoms with Crippen molar-refractivity contribution >= 4 is 0 Å². The number of nitrogens with two attached hydrogens (primary N) is 1. The molecule has 0 fully saturated rings. The Morgan fingerprint density at radius 2 is 1.46 bits per heavy atom. The zero-order valence-corrected chi connectivity index (χ0v) is 9.15. The normalized spacial score (nSPS) is 10.6. The second-order valence-corrected chi connectivity index (χ2v) is 3.66. The summed E-state index contributed by atoms with van der Waals surface area (Å²) in [5, 5.41) is 3.47. The van der Waals surface area contributed by atoms with Crippen LogP contribution >= 0.6 is 0 Å². The van der Waals surface area contributed by atoms with Gasteiger partial charge in [0.1, 0.15) is 0 Å². The standard InChI is InChI=1S/C11H26N2/c1-2-3-7-10-13-11-8-5-4-6-9-12/h13H,2-12H2,1H3. The average molecular weight is 186 g/mol. The summed E-state index contributed by atoms with van der Waals surface area (Å²) in [6.07, 6.45) is 9.14. The molecule has 0 saturated carbocycles. The molecule has 0 spiro atoms. The third-order valence-corrected chi connectivity index (χ3v) is 2.26. The van der Waals surface area contributed by atoms with Crippen molar-refractivity contribution in [1.29, 1.82) is 0 Å². The minimum atomic E-state index is 0.851. The van der Waals surface area contributed by atoms with E-state index in [-0.39, 0.29) is 0 Å². The molecule has 0 unspecified atom stereocenters. The van der Waals surface area contributed by atoms with Gasteiger partial charge < -0.3 is 11.1 Å². The molecule has 0 bridgehead atoms. The van der Waals surface area contributed by atoms with Crippen molar-refractivity contribution in [3.05, 3.63) is 0 Å². The van der Waals surface area contributed by atoms with Crippen LogP contribution in [-0.2, 0) is 0 Å². The Morgan fingerprint density at radius 3 is 2.08 bits per heavy atom. The third kappa shape index (κ3) is 11.9. The molecule has 3 N–H and O–H groups in total. The molecule has 0 aromatic heterocycles. The van der Waals surface area contributed by atoms with Gasteiger partial charge in [0.05, 0.1) is 0 Å². The maximum atomic E-state index is 5.41. The number of hydrogen-bond acceptors (Lipinski definition) is 2. The van der Waals surface area contributed by atoms with Gasteiger partial charge in [-0.1, -0.05) is 32.6 Å². The number of hydrogen-bond donors (Lipinski definition) is 2. The van der Waals surface area contributed by atoms with Crippen LogP contribution in [0.2, 0.25) is 0 Å². The highest BCUT2D eigenvalue weighted by molar-refractivity contribution is 4.50. The van der Waals surface area contributed by atoms with Crippen molar-refractivity contribution < 1.29 is 0 Å². The predicted octanol–water partition coefficient (Wildman–Crippen LogP) is 2.29. The molecule has 13 heavy (non-hydrogen) atoms. The van der Waals surface area contributed by atoms with Gasteiger partial charge in [-0.15, -0.1) is 0 Å². The Labute approximate surface area is 83.3 Å². The van der Waals surface area contributed by atoms with Gasteiger partial charge in [-0.2, -0.15) is 0 Å². The SMILES string of the molecule is CCCCCNCCCCCCN. The smallest absolute Gasteiger partial charge is 0.00489 e. The topological polar surface area (TPSA) is 38.0 Å². The summed E-state index contributed by atoms with van der Waals surface area (Å²) in [6.45, 7) is 5.48. The van der Waals surface area contributed by atoms with Crippen LogP contribution in [0.3, 0.4) is 0 Å². The predicted molar refractivity (Wildman–Crippen MR) is 59.9 cm³/mol. The first-order valence-electron chi connectivity index (χ1n) is 5.82. The molecule has 0 radical (unpaired) electrons. The van der Waals surface area contributed by atoms with Crippen molar-refractivity contribution in [3.8, 4) is 0 Å². The molecule has 2 nitrogen and oxygen atoms in total. The van der Waals surface area contributed by atoms with Crippen LogP contribution in [0.5, 0.6) is 0 Å². The van der Waals surface area contributed by atoms with E-state index >= 15 is 0 Å². The van der Waals surface area contributed by atoms with Crippen LogP contribution in [0.25, 0.3) is 0 Å². The van der Waals surface area contributed by atoms with Crippen LogP contribution in [0.4, 0.5) is 0 Å². The lowest BCUT2D eigenvalue weighted by molar-refractivity contribution is 0.568. The summed E-state index contributed by atoms with van der Waals surface area (Å²) in [7, 11) is 0. The molecular weight excluding hydrogens is 160 g/mol. The van der Waals surface area contributed by atoms with Crippen LogP contribution in [0, 0.1) is 0 Å². The highest BCUT2D eigenvalue weighted by Gasteiger charge is 1.89. The van der Waals surface area contributed by atoms with Crippen molar-refractivity contribution in [2.75, 3.05) is 19.6 Å². The van der Waals surface area contributed by atoms with E-state index in [1.807, 2.05) is 0 Å². The zero-order chi connectivity index (χ0) is 9.78. The molecule has 0 aliphatic rings.